The lowest BCUT2D eigenvalue weighted by Gasteiger charge is -2.19. The average molecular weight is 383 g/mol. The molecule has 0 saturated carbocycles. The molecule has 0 aliphatic heterocycles. The van der Waals surface area contributed by atoms with Gasteiger partial charge in [0.15, 0.2) is 5.58 Å². The maximum Gasteiger partial charge on any atom is 0.159 e. The summed E-state index contributed by atoms with van der Waals surface area (Å²) in [4.78, 5) is 4.90. The van der Waals surface area contributed by atoms with E-state index in [1.807, 2.05) is 13.1 Å². The zero-order chi connectivity index (χ0) is 20.3. The van der Waals surface area contributed by atoms with Crippen molar-refractivity contribution in [1.29, 1.82) is 0 Å². The summed E-state index contributed by atoms with van der Waals surface area (Å²) < 4.78 is 8.45. The third kappa shape index (κ3) is 2.61. The molecule has 0 saturated heterocycles. The second-order valence-corrected chi connectivity index (χ2v) is 8.54. The Morgan fingerprint density at radius 3 is 2.17 bits per heavy atom. The summed E-state index contributed by atoms with van der Waals surface area (Å²) in [7, 11) is 0. The summed E-state index contributed by atoms with van der Waals surface area (Å²) >= 11 is 0. The van der Waals surface area contributed by atoms with Crippen LogP contribution in [-0.2, 0) is 0 Å². The SMILES string of the molecule is Cc1cc2c(o1)c1ccccc1c1ncc(-c3c(C(C)C)cccc3C(C)C)n21. The summed E-state index contributed by atoms with van der Waals surface area (Å²) in [5.74, 6) is 1.77. The van der Waals surface area contributed by atoms with Crippen molar-refractivity contribution in [3.05, 3.63) is 71.6 Å². The highest BCUT2D eigenvalue weighted by Crippen LogP contribution is 2.39. The molecule has 0 atom stereocenters. The van der Waals surface area contributed by atoms with Crippen molar-refractivity contribution in [2.75, 3.05) is 0 Å². The second-order valence-electron chi connectivity index (χ2n) is 8.54. The molecule has 5 aromatic rings. The van der Waals surface area contributed by atoms with Crippen LogP contribution in [0.3, 0.4) is 0 Å². The predicted octanol–water partition coefficient (Wildman–Crippen LogP) is 7.46. The van der Waals surface area contributed by atoms with Crippen molar-refractivity contribution in [1.82, 2.24) is 9.38 Å². The first-order valence-electron chi connectivity index (χ1n) is 10.4. The number of imidazole rings is 1. The van der Waals surface area contributed by atoms with Crippen LogP contribution in [0.4, 0.5) is 0 Å². The van der Waals surface area contributed by atoms with Crippen molar-refractivity contribution >= 4 is 27.5 Å². The van der Waals surface area contributed by atoms with Gasteiger partial charge in [0.1, 0.15) is 11.4 Å². The molecule has 0 fully saturated rings. The fraction of sp³-hybridized carbons (Fsp3) is 0.269. The Balaban J connectivity index is 2.00. The maximum absolute atomic E-state index is 6.16. The van der Waals surface area contributed by atoms with Crippen LogP contribution in [0.2, 0.25) is 0 Å². The molecule has 0 spiro atoms. The average Bonchev–Trinajstić information content (AvgIpc) is 3.30. The number of pyridine rings is 1. The maximum atomic E-state index is 6.16. The van der Waals surface area contributed by atoms with Crippen molar-refractivity contribution < 1.29 is 4.42 Å². The smallest absolute Gasteiger partial charge is 0.159 e. The van der Waals surface area contributed by atoms with E-state index in [0.29, 0.717) is 11.8 Å². The van der Waals surface area contributed by atoms with Gasteiger partial charge in [0.2, 0.25) is 0 Å². The minimum Gasteiger partial charge on any atom is -0.459 e. The van der Waals surface area contributed by atoms with Crippen LogP contribution in [0.1, 0.15) is 56.4 Å². The Labute approximate surface area is 171 Å². The van der Waals surface area contributed by atoms with Gasteiger partial charge in [-0.05, 0) is 29.9 Å². The molecule has 3 heterocycles. The molecule has 0 bridgehead atoms. The van der Waals surface area contributed by atoms with Crippen LogP contribution in [-0.4, -0.2) is 9.38 Å². The Kier molecular flexibility index (Phi) is 4.02. The Morgan fingerprint density at radius 1 is 0.862 bits per heavy atom. The third-order valence-electron chi connectivity index (χ3n) is 5.88. The van der Waals surface area contributed by atoms with E-state index in [2.05, 4.69) is 80.6 Å². The second kappa shape index (κ2) is 6.48. The minimum atomic E-state index is 0.427. The molecule has 146 valence electrons. The first-order chi connectivity index (χ1) is 14.0. The number of hydrogen-bond acceptors (Lipinski definition) is 2. The number of aryl methyl sites for hydroxylation is 1. The zero-order valence-corrected chi connectivity index (χ0v) is 17.7. The van der Waals surface area contributed by atoms with Crippen LogP contribution >= 0.6 is 0 Å². The van der Waals surface area contributed by atoms with E-state index in [4.69, 9.17) is 9.40 Å². The van der Waals surface area contributed by atoms with Gasteiger partial charge in [0.25, 0.3) is 0 Å². The molecule has 3 heteroatoms. The molecule has 2 aromatic carbocycles. The van der Waals surface area contributed by atoms with Crippen molar-refractivity contribution in [2.45, 2.75) is 46.5 Å². The van der Waals surface area contributed by atoms with Gasteiger partial charge in [-0.1, -0.05) is 70.2 Å². The molecule has 3 nitrogen and oxygen atoms in total. The summed E-state index contributed by atoms with van der Waals surface area (Å²) in [6.45, 7) is 11.1. The summed E-state index contributed by atoms with van der Waals surface area (Å²) in [6.07, 6.45) is 2.04. The number of nitrogens with zero attached hydrogens (tertiary/aromatic N) is 2. The van der Waals surface area contributed by atoms with Gasteiger partial charge in [-0.3, -0.25) is 4.40 Å². The van der Waals surface area contributed by atoms with E-state index in [-0.39, 0.29) is 0 Å². The topological polar surface area (TPSA) is 30.4 Å². The first-order valence-corrected chi connectivity index (χ1v) is 10.4. The van der Waals surface area contributed by atoms with E-state index in [1.165, 1.54) is 16.7 Å². The fourth-order valence-electron chi connectivity index (χ4n) is 4.54. The van der Waals surface area contributed by atoms with Crippen LogP contribution in [0.15, 0.2) is 59.1 Å². The minimum absolute atomic E-state index is 0.427. The number of benzene rings is 2. The van der Waals surface area contributed by atoms with Crippen LogP contribution in [0, 0.1) is 6.92 Å². The molecule has 0 aliphatic carbocycles. The number of rotatable bonds is 3. The van der Waals surface area contributed by atoms with E-state index in [1.54, 1.807) is 0 Å². The molecule has 0 aliphatic rings. The Morgan fingerprint density at radius 2 is 1.52 bits per heavy atom. The number of aromatic nitrogens is 2. The van der Waals surface area contributed by atoms with Gasteiger partial charge >= 0.3 is 0 Å². The Bertz CT molecular complexity index is 1340. The lowest BCUT2D eigenvalue weighted by atomic mass is 9.87. The van der Waals surface area contributed by atoms with E-state index in [9.17, 15) is 0 Å². The van der Waals surface area contributed by atoms with Crippen LogP contribution in [0.25, 0.3) is 38.8 Å². The van der Waals surface area contributed by atoms with E-state index >= 15 is 0 Å². The highest BCUT2D eigenvalue weighted by Gasteiger charge is 2.22. The zero-order valence-electron chi connectivity index (χ0n) is 17.7. The highest BCUT2D eigenvalue weighted by molar-refractivity contribution is 6.10. The predicted molar refractivity (Wildman–Crippen MR) is 121 cm³/mol. The standard InChI is InChI=1S/C26H26N2O/c1-15(2)18-11-8-12-19(16(3)4)24(18)23-14-27-26-21-10-7-6-9-20(21)25-22(28(23)26)13-17(5)29-25/h6-16H,1-5H3. The molecule has 5 rings (SSSR count). The first kappa shape index (κ1) is 18.0. The fourth-order valence-corrected chi connectivity index (χ4v) is 4.54. The molecule has 0 radical (unpaired) electrons. The Hall–Kier alpha value is -3.07. The molecule has 0 amide bonds. The summed E-state index contributed by atoms with van der Waals surface area (Å²) in [6, 6.07) is 17.2. The molecule has 3 aromatic heterocycles. The number of fused-ring (bicyclic) bond motifs is 6. The third-order valence-corrected chi connectivity index (χ3v) is 5.88. The quantitative estimate of drug-likeness (QED) is 0.324. The highest BCUT2D eigenvalue weighted by atomic mass is 16.3. The summed E-state index contributed by atoms with van der Waals surface area (Å²) in [5.41, 5.74) is 8.16. The van der Waals surface area contributed by atoms with Crippen molar-refractivity contribution in [2.24, 2.45) is 0 Å². The van der Waals surface area contributed by atoms with Crippen LogP contribution < -0.4 is 0 Å². The van der Waals surface area contributed by atoms with Gasteiger partial charge < -0.3 is 4.42 Å². The molecule has 0 N–H and O–H groups in total. The monoisotopic (exact) mass is 382 g/mol. The molecule has 29 heavy (non-hydrogen) atoms. The van der Waals surface area contributed by atoms with E-state index < -0.39 is 0 Å². The van der Waals surface area contributed by atoms with Gasteiger partial charge in [0, 0.05) is 22.4 Å². The van der Waals surface area contributed by atoms with Crippen molar-refractivity contribution in [3.63, 3.8) is 0 Å². The lowest BCUT2D eigenvalue weighted by Crippen LogP contribution is -2.02. The van der Waals surface area contributed by atoms with Crippen molar-refractivity contribution in [3.8, 4) is 11.3 Å². The molecular formula is C26H26N2O. The largest absolute Gasteiger partial charge is 0.459 e. The van der Waals surface area contributed by atoms with E-state index in [0.717, 1.165) is 39.0 Å². The normalized spacial score (nSPS) is 12.2. The molecular weight excluding hydrogens is 356 g/mol. The number of furan rings is 1. The van der Waals surface area contributed by atoms with Gasteiger partial charge in [-0.15, -0.1) is 0 Å². The van der Waals surface area contributed by atoms with Crippen LogP contribution in [0.5, 0.6) is 0 Å². The lowest BCUT2D eigenvalue weighted by molar-refractivity contribution is 0.581. The molecule has 0 unspecified atom stereocenters. The van der Waals surface area contributed by atoms with Gasteiger partial charge in [-0.2, -0.15) is 0 Å². The van der Waals surface area contributed by atoms with Gasteiger partial charge in [0.05, 0.1) is 17.4 Å². The van der Waals surface area contributed by atoms with Gasteiger partial charge in [-0.25, -0.2) is 4.98 Å². The number of hydrogen-bond donors (Lipinski definition) is 0. The summed E-state index contributed by atoms with van der Waals surface area (Å²) in [5, 5.41) is 2.23.